The molecule has 3 rings (SSSR count). The van der Waals surface area contributed by atoms with E-state index in [1.54, 1.807) is 0 Å². The number of alkyl halides is 5. The van der Waals surface area contributed by atoms with Gasteiger partial charge < -0.3 is 10.2 Å². The van der Waals surface area contributed by atoms with Crippen molar-refractivity contribution in [2.75, 3.05) is 29.6 Å². The third kappa shape index (κ3) is 5.49. The second kappa shape index (κ2) is 8.06. The van der Waals surface area contributed by atoms with E-state index in [0.29, 0.717) is 12.3 Å². The lowest BCUT2D eigenvalue weighted by Gasteiger charge is -2.33. The standard InChI is InChI=1S/C19H18F5N3O3S/c1-31(29,30)14-4-2-3-13(10-14)26-17(28)15-9-12(19(22,23)24)11-25-16(15)27-7-5-18(20,21)6-8-27/h2-4,9-11H,5-8H2,1H3,(H,26,28). The molecule has 1 aromatic carbocycles. The highest BCUT2D eigenvalue weighted by Crippen LogP contribution is 2.35. The Morgan fingerprint density at radius 3 is 2.39 bits per heavy atom. The summed E-state index contributed by atoms with van der Waals surface area (Å²) in [6.45, 7) is -0.371. The Bertz CT molecular complexity index is 1090. The molecule has 0 radical (unpaired) electrons. The van der Waals surface area contributed by atoms with Crippen molar-refractivity contribution in [2.45, 2.75) is 29.8 Å². The van der Waals surface area contributed by atoms with Gasteiger partial charge in [0.05, 0.1) is 16.0 Å². The highest BCUT2D eigenvalue weighted by atomic mass is 32.2. The van der Waals surface area contributed by atoms with Crippen molar-refractivity contribution in [3.63, 3.8) is 0 Å². The topological polar surface area (TPSA) is 79.4 Å². The summed E-state index contributed by atoms with van der Waals surface area (Å²) < 4.78 is 89.8. The predicted molar refractivity (Wildman–Crippen MR) is 103 cm³/mol. The van der Waals surface area contributed by atoms with Crippen LogP contribution in [0.1, 0.15) is 28.8 Å². The number of sulfone groups is 1. The first-order valence-corrected chi connectivity index (χ1v) is 11.0. The minimum Gasteiger partial charge on any atom is -0.356 e. The Hall–Kier alpha value is -2.76. The van der Waals surface area contributed by atoms with Crippen molar-refractivity contribution < 1.29 is 35.2 Å². The molecule has 1 amide bonds. The molecule has 0 aliphatic carbocycles. The van der Waals surface area contributed by atoms with E-state index >= 15 is 0 Å². The Kier molecular flexibility index (Phi) is 5.96. The third-order valence-electron chi connectivity index (χ3n) is 4.75. The van der Waals surface area contributed by atoms with E-state index in [1.165, 1.54) is 23.1 Å². The third-order valence-corrected chi connectivity index (χ3v) is 5.86. The second-order valence-electron chi connectivity index (χ2n) is 7.19. The fourth-order valence-electron chi connectivity index (χ4n) is 3.08. The van der Waals surface area contributed by atoms with Crippen LogP contribution in [0.2, 0.25) is 0 Å². The molecule has 6 nitrogen and oxygen atoms in total. The molecule has 168 valence electrons. The zero-order valence-electron chi connectivity index (χ0n) is 16.2. The number of hydrogen-bond acceptors (Lipinski definition) is 5. The smallest absolute Gasteiger partial charge is 0.356 e. The quantitative estimate of drug-likeness (QED) is 0.694. The van der Waals surface area contributed by atoms with E-state index < -0.39 is 51.8 Å². The van der Waals surface area contributed by atoms with Crippen LogP contribution in [0.25, 0.3) is 0 Å². The van der Waals surface area contributed by atoms with Crippen molar-refractivity contribution in [2.24, 2.45) is 0 Å². The van der Waals surface area contributed by atoms with Gasteiger partial charge in [0.1, 0.15) is 5.82 Å². The molecule has 0 bridgehead atoms. The number of nitrogens with zero attached hydrogens (tertiary/aromatic N) is 2. The number of nitrogens with one attached hydrogen (secondary N) is 1. The summed E-state index contributed by atoms with van der Waals surface area (Å²) in [5, 5.41) is 2.36. The number of carbonyl (C=O) groups excluding carboxylic acids is 1. The maximum absolute atomic E-state index is 13.5. The number of anilines is 2. The van der Waals surface area contributed by atoms with Gasteiger partial charge in [-0.05, 0) is 24.3 Å². The van der Waals surface area contributed by atoms with Crippen LogP contribution < -0.4 is 10.2 Å². The van der Waals surface area contributed by atoms with Crippen LogP contribution in [0.3, 0.4) is 0 Å². The van der Waals surface area contributed by atoms with Crippen LogP contribution in [0.15, 0.2) is 41.4 Å². The van der Waals surface area contributed by atoms with E-state index in [0.717, 1.165) is 12.3 Å². The molecular formula is C19H18F5N3O3S. The number of carbonyl (C=O) groups is 1. The highest BCUT2D eigenvalue weighted by Gasteiger charge is 2.37. The van der Waals surface area contributed by atoms with E-state index in [9.17, 15) is 35.2 Å². The lowest BCUT2D eigenvalue weighted by atomic mass is 10.1. The van der Waals surface area contributed by atoms with E-state index in [1.807, 2.05) is 0 Å². The zero-order valence-corrected chi connectivity index (χ0v) is 17.0. The maximum Gasteiger partial charge on any atom is 0.417 e. The Labute approximate surface area is 175 Å². The van der Waals surface area contributed by atoms with Gasteiger partial charge in [-0.2, -0.15) is 13.2 Å². The molecule has 1 aliphatic heterocycles. The van der Waals surface area contributed by atoms with E-state index in [4.69, 9.17) is 0 Å². The normalized spacial score (nSPS) is 16.8. The van der Waals surface area contributed by atoms with Crippen molar-refractivity contribution >= 4 is 27.2 Å². The van der Waals surface area contributed by atoms with Gasteiger partial charge in [-0.15, -0.1) is 0 Å². The number of aromatic nitrogens is 1. The molecule has 2 heterocycles. The van der Waals surface area contributed by atoms with Gasteiger partial charge in [-0.1, -0.05) is 6.07 Å². The van der Waals surface area contributed by atoms with Gasteiger partial charge in [0.2, 0.25) is 0 Å². The lowest BCUT2D eigenvalue weighted by Crippen LogP contribution is -2.40. The number of pyridine rings is 1. The van der Waals surface area contributed by atoms with Crippen LogP contribution in [-0.2, 0) is 16.0 Å². The summed E-state index contributed by atoms with van der Waals surface area (Å²) in [5.41, 5.74) is -1.58. The number of amides is 1. The first-order valence-electron chi connectivity index (χ1n) is 9.08. The summed E-state index contributed by atoms with van der Waals surface area (Å²) in [7, 11) is -3.58. The summed E-state index contributed by atoms with van der Waals surface area (Å²) in [6.07, 6.45) is -4.30. The Morgan fingerprint density at radius 2 is 1.81 bits per heavy atom. The fourth-order valence-corrected chi connectivity index (χ4v) is 3.75. The van der Waals surface area contributed by atoms with Crippen molar-refractivity contribution in [3.05, 3.63) is 47.7 Å². The molecular weight excluding hydrogens is 445 g/mol. The molecule has 1 N–H and O–H groups in total. The van der Waals surface area contributed by atoms with Gasteiger partial charge in [-0.25, -0.2) is 22.2 Å². The number of halogens is 5. The SMILES string of the molecule is CS(=O)(=O)c1cccc(NC(=O)c2cc(C(F)(F)F)cnc2N2CCC(F)(F)CC2)c1. The monoisotopic (exact) mass is 463 g/mol. The summed E-state index contributed by atoms with van der Waals surface area (Å²) in [4.78, 5) is 17.8. The molecule has 1 aromatic heterocycles. The van der Waals surface area contributed by atoms with Crippen LogP contribution >= 0.6 is 0 Å². The number of piperidine rings is 1. The van der Waals surface area contributed by atoms with Crippen molar-refractivity contribution in [1.82, 2.24) is 4.98 Å². The number of hydrogen-bond donors (Lipinski definition) is 1. The molecule has 2 aromatic rings. The average Bonchev–Trinajstić information content (AvgIpc) is 2.66. The maximum atomic E-state index is 13.5. The first kappa shape index (κ1) is 22.9. The minimum atomic E-state index is -4.77. The van der Waals surface area contributed by atoms with E-state index in [2.05, 4.69) is 10.3 Å². The van der Waals surface area contributed by atoms with Gasteiger partial charge >= 0.3 is 6.18 Å². The van der Waals surface area contributed by atoms with Gasteiger partial charge in [0.15, 0.2) is 9.84 Å². The van der Waals surface area contributed by atoms with Crippen LogP contribution in [-0.4, -0.2) is 44.6 Å². The molecule has 0 atom stereocenters. The van der Waals surface area contributed by atoms with Gasteiger partial charge in [0.25, 0.3) is 11.8 Å². The lowest BCUT2D eigenvalue weighted by molar-refractivity contribution is -0.137. The van der Waals surface area contributed by atoms with E-state index in [-0.39, 0.29) is 29.5 Å². The molecule has 12 heteroatoms. The minimum absolute atomic E-state index is 0.0430. The predicted octanol–water partition coefficient (Wildman–Crippen LogP) is 3.99. The molecule has 0 saturated carbocycles. The number of rotatable bonds is 4. The van der Waals surface area contributed by atoms with Crippen LogP contribution in [0, 0.1) is 0 Å². The summed E-state index contributed by atoms with van der Waals surface area (Å²) in [5.74, 6) is -4.02. The first-order chi connectivity index (χ1) is 14.3. The molecule has 1 aliphatic rings. The average molecular weight is 463 g/mol. The largest absolute Gasteiger partial charge is 0.417 e. The van der Waals surface area contributed by atoms with Gasteiger partial charge in [0, 0.05) is 44.1 Å². The highest BCUT2D eigenvalue weighted by molar-refractivity contribution is 7.90. The Balaban J connectivity index is 1.96. The molecule has 0 unspecified atom stereocenters. The van der Waals surface area contributed by atoms with Crippen LogP contribution in [0.4, 0.5) is 33.5 Å². The van der Waals surface area contributed by atoms with Crippen molar-refractivity contribution in [3.8, 4) is 0 Å². The molecule has 1 fully saturated rings. The summed E-state index contributed by atoms with van der Waals surface area (Å²) in [6, 6.07) is 5.80. The fraction of sp³-hybridized carbons (Fsp3) is 0.368. The zero-order chi connectivity index (χ0) is 23.0. The van der Waals surface area contributed by atoms with Crippen molar-refractivity contribution in [1.29, 1.82) is 0 Å². The Morgan fingerprint density at radius 1 is 1.16 bits per heavy atom. The molecule has 0 spiro atoms. The molecule has 31 heavy (non-hydrogen) atoms. The van der Waals surface area contributed by atoms with Crippen LogP contribution in [0.5, 0.6) is 0 Å². The van der Waals surface area contributed by atoms with Gasteiger partial charge in [-0.3, -0.25) is 4.79 Å². The summed E-state index contributed by atoms with van der Waals surface area (Å²) >= 11 is 0. The second-order valence-corrected chi connectivity index (χ2v) is 9.21. The number of benzene rings is 1. The molecule has 1 saturated heterocycles.